The third-order valence-electron chi connectivity index (χ3n) is 5.66. The minimum absolute atomic E-state index is 0.285. The van der Waals surface area contributed by atoms with Gasteiger partial charge in [0.2, 0.25) is 11.8 Å². The summed E-state index contributed by atoms with van der Waals surface area (Å²) in [5.74, 6) is -2.93. The summed E-state index contributed by atoms with van der Waals surface area (Å²) in [5.41, 5.74) is 0.479. The summed E-state index contributed by atoms with van der Waals surface area (Å²) in [5, 5.41) is 7.63. The van der Waals surface area contributed by atoms with Crippen molar-refractivity contribution < 1.29 is 42.8 Å². The second-order valence-electron chi connectivity index (χ2n) is 9.33. The smallest absolute Gasteiger partial charge is 0.252 e. The highest BCUT2D eigenvalue weighted by molar-refractivity contribution is 5.96. The van der Waals surface area contributed by atoms with Crippen LogP contribution in [0.5, 0.6) is 5.75 Å². The molecule has 5 unspecified atom stereocenters. The third-order valence-corrected chi connectivity index (χ3v) is 5.66. The Balaban J connectivity index is 1.29. The molecule has 0 spiro atoms. The lowest BCUT2D eigenvalue weighted by atomic mass is 9.98. The first kappa shape index (κ1) is 25.3. The number of para-hydroxylation sites is 2. The highest BCUT2D eigenvalue weighted by atomic mass is 16.9. The maximum Gasteiger partial charge on any atom is 0.252 e. The van der Waals surface area contributed by atoms with Gasteiger partial charge in [0.25, 0.3) is 5.91 Å². The van der Waals surface area contributed by atoms with Gasteiger partial charge in [0, 0.05) is 0 Å². The monoisotopic (exact) mass is 493 g/mol. The predicted octanol–water partition coefficient (Wildman–Crippen LogP) is 0.263. The summed E-state index contributed by atoms with van der Waals surface area (Å²) in [4.78, 5) is 37.3. The standard InChI is InChI=1S/C23H31N3O9/c1-22(2)32-16-17(33-22)19-21(35-23(3,4)34-19)31-18(16)20(29)25-10-14(27)24-11-15(28)26-12-8-6-7-9-13(12)30-5/h6-9,16-19,21H,10-11H2,1-5H3,(H,24,27)(H,25,29)(H,26,28). The average molecular weight is 494 g/mol. The van der Waals surface area contributed by atoms with E-state index in [9.17, 15) is 14.4 Å². The number of carbonyl (C=O) groups is 3. The zero-order chi connectivity index (χ0) is 25.4. The minimum atomic E-state index is -1.08. The van der Waals surface area contributed by atoms with E-state index in [-0.39, 0.29) is 13.1 Å². The molecule has 192 valence electrons. The Labute approximate surface area is 202 Å². The molecule has 1 aromatic rings. The molecule has 3 heterocycles. The van der Waals surface area contributed by atoms with Crippen LogP contribution < -0.4 is 20.7 Å². The molecule has 12 nitrogen and oxygen atoms in total. The fourth-order valence-corrected chi connectivity index (χ4v) is 4.27. The molecule has 0 bridgehead atoms. The number of hydrogen-bond donors (Lipinski definition) is 3. The minimum Gasteiger partial charge on any atom is -0.495 e. The van der Waals surface area contributed by atoms with Crippen molar-refractivity contribution in [2.45, 2.75) is 70.0 Å². The van der Waals surface area contributed by atoms with Crippen molar-refractivity contribution in [2.75, 3.05) is 25.5 Å². The summed E-state index contributed by atoms with van der Waals surface area (Å²) in [6.45, 7) is 6.31. The van der Waals surface area contributed by atoms with Gasteiger partial charge in [-0.1, -0.05) is 12.1 Å². The van der Waals surface area contributed by atoms with Crippen LogP contribution in [0.15, 0.2) is 24.3 Å². The number of carbonyl (C=O) groups excluding carboxylic acids is 3. The maximum atomic E-state index is 12.9. The van der Waals surface area contributed by atoms with Gasteiger partial charge >= 0.3 is 0 Å². The molecule has 0 aromatic heterocycles. The van der Waals surface area contributed by atoms with Crippen LogP contribution >= 0.6 is 0 Å². The molecule has 0 aliphatic carbocycles. The van der Waals surface area contributed by atoms with Crippen LogP contribution in [0.25, 0.3) is 0 Å². The van der Waals surface area contributed by atoms with Crippen LogP contribution in [0, 0.1) is 0 Å². The molecule has 3 N–H and O–H groups in total. The second kappa shape index (κ2) is 9.70. The quantitative estimate of drug-likeness (QED) is 0.487. The van der Waals surface area contributed by atoms with E-state index in [1.807, 2.05) is 0 Å². The van der Waals surface area contributed by atoms with Crippen LogP contribution in [0.2, 0.25) is 0 Å². The van der Waals surface area contributed by atoms with Crippen molar-refractivity contribution in [3.63, 3.8) is 0 Å². The van der Waals surface area contributed by atoms with E-state index < -0.39 is 60.0 Å². The van der Waals surface area contributed by atoms with Crippen LogP contribution in [-0.2, 0) is 38.1 Å². The van der Waals surface area contributed by atoms with Crippen molar-refractivity contribution >= 4 is 23.4 Å². The Bertz CT molecular complexity index is 983. The van der Waals surface area contributed by atoms with Gasteiger partial charge in [0.05, 0.1) is 25.9 Å². The summed E-state index contributed by atoms with van der Waals surface area (Å²) in [6, 6.07) is 6.90. The Morgan fingerprint density at radius 2 is 1.49 bits per heavy atom. The Morgan fingerprint density at radius 3 is 2.23 bits per heavy atom. The van der Waals surface area contributed by atoms with E-state index >= 15 is 0 Å². The molecule has 0 radical (unpaired) electrons. The van der Waals surface area contributed by atoms with Crippen molar-refractivity contribution in [3.8, 4) is 5.75 Å². The first-order valence-electron chi connectivity index (χ1n) is 11.3. The number of hydrogen-bond acceptors (Lipinski definition) is 9. The van der Waals surface area contributed by atoms with E-state index in [1.54, 1.807) is 52.0 Å². The van der Waals surface area contributed by atoms with Gasteiger partial charge in [0.15, 0.2) is 24.0 Å². The van der Waals surface area contributed by atoms with Crippen molar-refractivity contribution in [1.82, 2.24) is 10.6 Å². The average Bonchev–Trinajstić information content (AvgIpc) is 3.29. The van der Waals surface area contributed by atoms with E-state index in [0.29, 0.717) is 11.4 Å². The lowest BCUT2D eigenvalue weighted by molar-refractivity contribution is -0.231. The molecule has 35 heavy (non-hydrogen) atoms. The molecule has 5 atom stereocenters. The van der Waals surface area contributed by atoms with Crippen molar-refractivity contribution in [3.05, 3.63) is 24.3 Å². The number of rotatable bonds is 7. The van der Waals surface area contributed by atoms with Crippen LogP contribution in [0.3, 0.4) is 0 Å². The van der Waals surface area contributed by atoms with Crippen LogP contribution in [0.1, 0.15) is 27.7 Å². The van der Waals surface area contributed by atoms with Crippen LogP contribution in [0.4, 0.5) is 5.69 Å². The summed E-state index contributed by atoms with van der Waals surface area (Å²) < 4.78 is 34.6. The van der Waals surface area contributed by atoms with Gasteiger partial charge in [-0.15, -0.1) is 0 Å². The molecule has 3 amide bonds. The fraction of sp³-hybridized carbons (Fsp3) is 0.609. The van der Waals surface area contributed by atoms with Gasteiger partial charge < -0.3 is 44.4 Å². The fourth-order valence-electron chi connectivity index (χ4n) is 4.27. The van der Waals surface area contributed by atoms with E-state index in [2.05, 4.69) is 16.0 Å². The molecule has 3 fully saturated rings. The number of benzene rings is 1. The topological polar surface area (TPSA) is 143 Å². The van der Waals surface area contributed by atoms with Crippen molar-refractivity contribution in [1.29, 1.82) is 0 Å². The lowest BCUT2D eigenvalue weighted by Crippen LogP contribution is -2.60. The first-order valence-corrected chi connectivity index (χ1v) is 11.3. The molecule has 1 aromatic carbocycles. The molecular weight excluding hydrogens is 462 g/mol. The molecule has 3 aliphatic heterocycles. The van der Waals surface area contributed by atoms with Gasteiger partial charge in [0.1, 0.15) is 24.1 Å². The van der Waals surface area contributed by atoms with E-state index in [1.165, 1.54) is 7.11 Å². The number of anilines is 1. The van der Waals surface area contributed by atoms with Gasteiger partial charge in [-0.2, -0.15) is 0 Å². The van der Waals surface area contributed by atoms with Gasteiger partial charge in [-0.3, -0.25) is 14.4 Å². The van der Waals surface area contributed by atoms with Gasteiger partial charge in [-0.05, 0) is 39.8 Å². The number of nitrogens with one attached hydrogen (secondary N) is 3. The number of ether oxygens (including phenoxy) is 6. The second-order valence-corrected chi connectivity index (χ2v) is 9.33. The number of fused-ring (bicyclic) bond motifs is 3. The molecular formula is C23H31N3O9. The first-order chi connectivity index (χ1) is 16.5. The summed E-state index contributed by atoms with van der Waals surface area (Å²) in [6.07, 6.45) is -3.81. The highest BCUT2D eigenvalue weighted by Crippen LogP contribution is 2.44. The largest absolute Gasteiger partial charge is 0.495 e. The highest BCUT2D eigenvalue weighted by Gasteiger charge is 2.62. The zero-order valence-electron chi connectivity index (χ0n) is 20.3. The van der Waals surface area contributed by atoms with Crippen LogP contribution in [-0.4, -0.2) is 80.2 Å². The predicted molar refractivity (Wildman–Crippen MR) is 120 cm³/mol. The third kappa shape index (κ3) is 5.73. The number of methoxy groups -OCH3 is 1. The maximum absolute atomic E-state index is 12.9. The zero-order valence-corrected chi connectivity index (χ0v) is 20.3. The Kier molecular flexibility index (Phi) is 7.02. The van der Waals surface area contributed by atoms with E-state index in [4.69, 9.17) is 28.4 Å². The van der Waals surface area contributed by atoms with Gasteiger partial charge in [-0.25, -0.2) is 0 Å². The molecule has 4 rings (SSSR count). The van der Waals surface area contributed by atoms with Crippen molar-refractivity contribution in [2.24, 2.45) is 0 Å². The SMILES string of the molecule is COc1ccccc1NC(=O)CNC(=O)CNC(=O)C1OC2OC(C)(C)OC2C2OC(C)(C)OC12. The molecule has 0 saturated carbocycles. The summed E-state index contributed by atoms with van der Waals surface area (Å²) >= 11 is 0. The Hall–Kier alpha value is -2.77. The summed E-state index contributed by atoms with van der Waals surface area (Å²) in [7, 11) is 1.49. The van der Waals surface area contributed by atoms with E-state index in [0.717, 1.165) is 0 Å². The molecule has 3 saturated heterocycles. The number of amides is 3. The Morgan fingerprint density at radius 1 is 0.857 bits per heavy atom. The molecule has 3 aliphatic rings. The molecule has 12 heteroatoms. The lowest BCUT2D eigenvalue weighted by Gasteiger charge is -2.36. The normalized spacial score (nSPS) is 30.0.